The summed E-state index contributed by atoms with van der Waals surface area (Å²) in [6.07, 6.45) is -0.549. The number of benzene rings is 1. The zero-order valence-electron chi connectivity index (χ0n) is 17.0. The summed E-state index contributed by atoms with van der Waals surface area (Å²) in [6.45, 7) is 4.30. The summed E-state index contributed by atoms with van der Waals surface area (Å²) in [5, 5.41) is 0. The van der Waals surface area contributed by atoms with Crippen molar-refractivity contribution in [1.82, 2.24) is 14.8 Å². The molecule has 1 saturated heterocycles. The van der Waals surface area contributed by atoms with Crippen LogP contribution in [-0.2, 0) is 6.18 Å². The first-order valence-electron chi connectivity index (χ1n) is 10.4. The van der Waals surface area contributed by atoms with Crippen molar-refractivity contribution in [2.75, 3.05) is 32.7 Å². The number of rotatable bonds is 5. The monoisotopic (exact) mass is 435 g/mol. The standard InChI is InChI=1S/C22H24F3N3O3/c23-22(24,25)17-4-9-20(26-14-17)30-18-5-7-19(8-6-18)31-21(29)28-11-1-10-27(12-13-28)15-16-2-3-16/h4-9,14,16H,1-3,10-13,15H2. The van der Waals surface area contributed by atoms with Crippen LogP contribution < -0.4 is 9.47 Å². The van der Waals surface area contributed by atoms with E-state index < -0.39 is 11.7 Å². The number of amides is 1. The van der Waals surface area contributed by atoms with Crippen molar-refractivity contribution in [2.45, 2.75) is 25.4 Å². The van der Waals surface area contributed by atoms with Crippen LogP contribution in [0.1, 0.15) is 24.8 Å². The molecular weight excluding hydrogens is 411 g/mol. The number of pyridine rings is 1. The summed E-state index contributed by atoms with van der Waals surface area (Å²) < 4.78 is 48.7. The minimum absolute atomic E-state index is 0.0399. The van der Waals surface area contributed by atoms with Crippen LogP contribution in [0.25, 0.3) is 0 Å². The van der Waals surface area contributed by atoms with Gasteiger partial charge in [-0.05, 0) is 62.1 Å². The van der Waals surface area contributed by atoms with Gasteiger partial charge in [0.05, 0.1) is 5.56 Å². The SMILES string of the molecule is O=C(Oc1ccc(Oc2ccc(C(F)(F)F)cn2)cc1)N1CCCN(CC2CC2)CC1. The van der Waals surface area contributed by atoms with Crippen molar-refractivity contribution in [1.29, 1.82) is 0 Å². The summed E-state index contributed by atoms with van der Waals surface area (Å²) in [5.74, 6) is 1.62. The number of hydrogen-bond donors (Lipinski definition) is 0. The second-order valence-corrected chi connectivity index (χ2v) is 7.91. The Hall–Kier alpha value is -2.81. The van der Waals surface area contributed by atoms with Crippen molar-refractivity contribution in [3.8, 4) is 17.4 Å². The normalized spacial score (nSPS) is 17.8. The van der Waals surface area contributed by atoms with E-state index in [2.05, 4.69) is 9.88 Å². The van der Waals surface area contributed by atoms with Gasteiger partial charge in [-0.2, -0.15) is 13.2 Å². The third-order valence-corrected chi connectivity index (χ3v) is 5.38. The molecule has 0 unspecified atom stereocenters. The average molecular weight is 435 g/mol. The van der Waals surface area contributed by atoms with Crippen LogP contribution in [0.4, 0.5) is 18.0 Å². The lowest BCUT2D eigenvalue weighted by molar-refractivity contribution is -0.137. The maximum atomic E-state index is 12.6. The molecule has 2 heterocycles. The van der Waals surface area contributed by atoms with E-state index in [1.54, 1.807) is 29.2 Å². The molecule has 0 atom stereocenters. The van der Waals surface area contributed by atoms with Gasteiger partial charge in [0.2, 0.25) is 5.88 Å². The maximum absolute atomic E-state index is 12.6. The van der Waals surface area contributed by atoms with Crippen LogP contribution >= 0.6 is 0 Å². The highest BCUT2D eigenvalue weighted by molar-refractivity contribution is 5.70. The number of halogens is 3. The molecule has 0 N–H and O–H groups in total. The Morgan fingerprint density at radius 1 is 1.00 bits per heavy atom. The quantitative estimate of drug-likeness (QED) is 0.675. The van der Waals surface area contributed by atoms with Crippen LogP contribution in [0.2, 0.25) is 0 Å². The first kappa shape index (κ1) is 21.4. The van der Waals surface area contributed by atoms with Crippen LogP contribution in [0.15, 0.2) is 42.6 Å². The van der Waals surface area contributed by atoms with Gasteiger partial charge < -0.3 is 19.3 Å². The zero-order chi connectivity index (χ0) is 21.8. The highest BCUT2D eigenvalue weighted by Gasteiger charge is 2.31. The summed E-state index contributed by atoms with van der Waals surface area (Å²) in [6, 6.07) is 8.36. The topological polar surface area (TPSA) is 54.9 Å². The molecule has 2 fully saturated rings. The molecule has 166 valence electrons. The molecular formula is C22H24F3N3O3. The molecule has 1 saturated carbocycles. The Labute approximate surface area is 178 Å². The Morgan fingerprint density at radius 2 is 1.74 bits per heavy atom. The van der Waals surface area contributed by atoms with E-state index in [0.29, 0.717) is 24.6 Å². The van der Waals surface area contributed by atoms with E-state index in [-0.39, 0.29) is 12.0 Å². The van der Waals surface area contributed by atoms with E-state index in [0.717, 1.165) is 50.3 Å². The molecule has 0 bridgehead atoms. The maximum Gasteiger partial charge on any atom is 0.417 e. The number of ether oxygens (including phenoxy) is 2. The first-order chi connectivity index (χ1) is 14.9. The number of aromatic nitrogens is 1. The van der Waals surface area contributed by atoms with E-state index in [1.807, 2.05) is 0 Å². The lowest BCUT2D eigenvalue weighted by atomic mass is 10.3. The largest absolute Gasteiger partial charge is 0.439 e. The third-order valence-electron chi connectivity index (χ3n) is 5.38. The molecule has 0 radical (unpaired) electrons. The fourth-order valence-corrected chi connectivity index (χ4v) is 3.47. The molecule has 1 aliphatic carbocycles. The van der Waals surface area contributed by atoms with Gasteiger partial charge in [-0.25, -0.2) is 9.78 Å². The lowest BCUT2D eigenvalue weighted by Gasteiger charge is -2.21. The smallest absolute Gasteiger partial charge is 0.417 e. The molecule has 1 aromatic carbocycles. The van der Waals surface area contributed by atoms with Crippen molar-refractivity contribution < 1.29 is 27.4 Å². The lowest BCUT2D eigenvalue weighted by Crippen LogP contribution is -2.37. The Kier molecular flexibility index (Phi) is 6.31. The van der Waals surface area contributed by atoms with E-state index in [9.17, 15) is 18.0 Å². The molecule has 0 spiro atoms. The number of hydrogen-bond acceptors (Lipinski definition) is 5. The molecule has 1 aromatic heterocycles. The minimum Gasteiger partial charge on any atom is -0.439 e. The number of nitrogens with zero attached hydrogens (tertiary/aromatic N) is 3. The van der Waals surface area contributed by atoms with Gasteiger partial charge >= 0.3 is 12.3 Å². The number of carbonyl (C=O) groups is 1. The van der Waals surface area contributed by atoms with Gasteiger partial charge in [0.15, 0.2) is 0 Å². The second kappa shape index (κ2) is 9.13. The van der Waals surface area contributed by atoms with Gasteiger partial charge in [-0.1, -0.05) is 0 Å². The van der Waals surface area contributed by atoms with Crippen molar-refractivity contribution in [2.24, 2.45) is 5.92 Å². The minimum atomic E-state index is -4.44. The average Bonchev–Trinajstić information content (AvgIpc) is 3.57. The fraction of sp³-hybridized carbons (Fsp3) is 0.455. The summed E-state index contributed by atoms with van der Waals surface area (Å²) >= 11 is 0. The van der Waals surface area contributed by atoms with Gasteiger partial charge in [0, 0.05) is 38.4 Å². The van der Waals surface area contributed by atoms with Crippen LogP contribution in [-0.4, -0.2) is 53.6 Å². The molecule has 4 rings (SSSR count). The van der Waals surface area contributed by atoms with Crippen molar-refractivity contribution in [3.05, 3.63) is 48.2 Å². The van der Waals surface area contributed by atoms with Crippen LogP contribution in [0.3, 0.4) is 0 Å². The van der Waals surface area contributed by atoms with Gasteiger partial charge in [0.1, 0.15) is 11.5 Å². The van der Waals surface area contributed by atoms with Crippen molar-refractivity contribution >= 4 is 6.09 Å². The summed E-state index contributed by atoms with van der Waals surface area (Å²) in [5.41, 5.74) is -0.841. The van der Waals surface area contributed by atoms with Gasteiger partial charge in [-0.15, -0.1) is 0 Å². The van der Waals surface area contributed by atoms with E-state index in [4.69, 9.17) is 9.47 Å². The highest BCUT2D eigenvalue weighted by Crippen LogP contribution is 2.31. The highest BCUT2D eigenvalue weighted by atomic mass is 19.4. The molecule has 1 amide bonds. The van der Waals surface area contributed by atoms with E-state index >= 15 is 0 Å². The Morgan fingerprint density at radius 3 is 2.39 bits per heavy atom. The Bertz CT molecular complexity index is 884. The Balaban J connectivity index is 1.28. The molecule has 31 heavy (non-hydrogen) atoms. The molecule has 9 heteroatoms. The predicted octanol–water partition coefficient (Wildman–Crippen LogP) is 4.81. The molecule has 2 aliphatic rings. The van der Waals surface area contributed by atoms with Crippen LogP contribution in [0, 0.1) is 5.92 Å². The molecule has 2 aromatic rings. The zero-order valence-corrected chi connectivity index (χ0v) is 17.0. The summed E-state index contributed by atoms with van der Waals surface area (Å²) in [4.78, 5) is 20.3. The number of carbonyl (C=O) groups excluding carboxylic acids is 1. The molecule has 6 nitrogen and oxygen atoms in total. The fourth-order valence-electron chi connectivity index (χ4n) is 3.47. The first-order valence-corrected chi connectivity index (χ1v) is 10.4. The number of alkyl halides is 3. The van der Waals surface area contributed by atoms with Gasteiger partial charge in [0.25, 0.3) is 0 Å². The van der Waals surface area contributed by atoms with Crippen LogP contribution in [0.5, 0.6) is 17.4 Å². The summed E-state index contributed by atoms with van der Waals surface area (Å²) in [7, 11) is 0. The van der Waals surface area contributed by atoms with E-state index in [1.165, 1.54) is 12.8 Å². The predicted molar refractivity (Wildman–Crippen MR) is 107 cm³/mol. The second-order valence-electron chi connectivity index (χ2n) is 7.91. The van der Waals surface area contributed by atoms with Crippen molar-refractivity contribution in [3.63, 3.8) is 0 Å². The van der Waals surface area contributed by atoms with Gasteiger partial charge in [-0.3, -0.25) is 0 Å². The molecule has 1 aliphatic heterocycles. The third kappa shape index (κ3) is 6.10.